The molecule has 2 bridgehead atoms. The standard InChI is InChI=1S/C21H20FN5O/c1-11-2-3-24-8-16(11)15-6-13-7-18(25-9-17(13)20(23)19(15)22)26-21(28)27-10-12-4-14(27)5-12/h2-3,6-9,12,14H,4-5,10,23H2,1H3,(H,25,26,28). The fourth-order valence-corrected chi connectivity index (χ4v) is 4.27. The number of nitrogens with two attached hydrogens (primary N) is 1. The quantitative estimate of drug-likeness (QED) is 0.662. The summed E-state index contributed by atoms with van der Waals surface area (Å²) in [7, 11) is 0. The number of hydrogen-bond donors (Lipinski definition) is 2. The molecular formula is C21H20FN5O. The maximum Gasteiger partial charge on any atom is 0.323 e. The number of hydrogen-bond acceptors (Lipinski definition) is 4. The predicted molar refractivity (Wildman–Crippen MR) is 106 cm³/mol. The van der Waals surface area contributed by atoms with Crippen LogP contribution in [-0.4, -0.2) is 33.5 Å². The van der Waals surface area contributed by atoms with Crippen molar-refractivity contribution in [3.8, 4) is 11.1 Å². The highest BCUT2D eigenvalue weighted by molar-refractivity contribution is 5.99. The Kier molecular flexibility index (Phi) is 3.72. The first-order valence-corrected chi connectivity index (χ1v) is 9.37. The number of anilines is 2. The van der Waals surface area contributed by atoms with Crippen LogP contribution in [0.15, 0.2) is 36.8 Å². The highest BCUT2D eigenvalue weighted by Gasteiger charge is 2.45. The van der Waals surface area contributed by atoms with Crippen LogP contribution >= 0.6 is 0 Å². The molecule has 1 saturated carbocycles. The first-order chi connectivity index (χ1) is 13.5. The Morgan fingerprint density at radius 3 is 2.82 bits per heavy atom. The molecular weight excluding hydrogens is 357 g/mol. The fourth-order valence-electron chi connectivity index (χ4n) is 4.27. The summed E-state index contributed by atoms with van der Waals surface area (Å²) in [5.74, 6) is 0.592. The van der Waals surface area contributed by atoms with Crippen molar-refractivity contribution in [2.24, 2.45) is 5.92 Å². The molecule has 3 aliphatic rings. The van der Waals surface area contributed by atoms with Crippen LogP contribution in [0.5, 0.6) is 0 Å². The average molecular weight is 377 g/mol. The zero-order chi connectivity index (χ0) is 19.4. The van der Waals surface area contributed by atoms with Crippen LogP contribution in [0.4, 0.5) is 20.7 Å². The van der Waals surface area contributed by atoms with Gasteiger partial charge in [-0.05, 0) is 54.8 Å². The smallest absolute Gasteiger partial charge is 0.323 e. The summed E-state index contributed by atoms with van der Waals surface area (Å²) in [5.41, 5.74) is 8.08. The molecule has 6 rings (SSSR count). The number of benzene rings is 1. The maximum absolute atomic E-state index is 14.9. The number of nitrogen functional groups attached to an aromatic ring is 1. The molecule has 1 aromatic carbocycles. The van der Waals surface area contributed by atoms with Gasteiger partial charge in [-0.3, -0.25) is 10.3 Å². The Morgan fingerprint density at radius 2 is 2.11 bits per heavy atom. The lowest BCUT2D eigenvalue weighted by molar-refractivity contribution is 0.207. The first kappa shape index (κ1) is 16.9. The molecule has 1 aliphatic carbocycles. The molecule has 28 heavy (non-hydrogen) atoms. The number of nitrogens with zero attached hydrogens (tertiary/aromatic N) is 3. The minimum absolute atomic E-state index is 0.0431. The first-order valence-electron chi connectivity index (χ1n) is 9.37. The summed E-state index contributed by atoms with van der Waals surface area (Å²) < 4.78 is 14.9. The largest absolute Gasteiger partial charge is 0.396 e. The summed E-state index contributed by atoms with van der Waals surface area (Å²) in [6, 6.07) is 5.52. The molecule has 2 saturated heterocycles. The SMILES string of the molecule is Cc1ccncc1-c1cc2cc(NC(=O)N3CC4CC3C4)ncc2c(N)c1F. The molecule has 0 atom stereocenters. The van der Waals surface area contributed by atoms with Gasteiger partial charge in [0.25, 0.3) is 0 Å². The average Bonchev–Trinajstić information content (AvgIpc) is 3.26. The van der Waals surface area contributed by atoms with E-state index in [1.165, 1.54) is 6.20 Å². The van der Waals surface area contributed by atoms with Crippen LogP contribution < -0.4 is 11.1 Å². The molecule has 3 aromatic rings. The number of urea groups is 1. The minimum atomic E-state index is -0.487. The van der Waals surface area contributed by atoms with Gasteiger partial charge in [0.2, 0.25) is 0 Å². The van der Waals surface area contributed by atoms with E-state index in [4.69, 9.17) is 5.73 Å². The van der Waals surface area contributed by atoms with Crippen LogP contribution in [0, 0.1) is 18.7 Å². The van der Waals surface area contributed by atoms with Gasteiger partial charge >= 0.3 is 6.03 Å². The predicted octanol–water partition coefficient (Wildman–Crippen LogP) is 3.95. The summed E-state index contributed by atoms with van der Waals surface area (Å²) >= 11 is 0. The highest BCUT2D eigenvalue weighted by Crippen LogP contribution is 2.41. The molecule has 0 unspecified atom stereocenters. The van der Waals surface area contributed by atoms with Crippen molar-refractivity contribution in [2.75, 3.05) is 17.6 Å². The second-order valence-corrected chi connectivity index (χ2v) is 7.71. The molecule has 7 heteroatoms. The molecule has 2 amide bonds. The Bertz CT molecular complexity index is 1110. The van der Waals surface area contributed by atoms with Gasteiger partial charge in [0.05, 0.1) is 5.69 Å². The number of fused-ring (bicyclic) bond motifs is 2. The normalized spacial score (nSPS) is 20.3. The van der Waals surface area contributed by atoms with Crippen molar-refractivity contribution < 1.29 is 9.18 Å². The second kappa shape index (κ2) is 6.15. The molecule has 3 fully saturated rings. The number of pyridine rings is 2. The van der Waals surface area contributed by atoms with E-state index >= 15 is 0 Å². The van der Waals surface area contributed by atoms with Crippen molar-refractivity contribution in [2.45, 2.75) is 25.8 Å². The molecule has 0 radical (unpaired) electrons. The Morgan fingerprint density at radius 1 is 1.29 bits per heavy atom. The second-order valence-electron chi connectivity index (χ2n) is 7.71. The Balaban J connectivity index is 1.52. The number of rotatable bonds is 2. The van der Waals surface area contributed by atoms with Crippen molar-refractivity contribution >= 4 is 28.3 Å². The number of aromatic nitrogens is 2. The number of amides is 2. The third-order valence-electron chi connectivity index (χ3n) is 5.93. The lowest BCUT2D eigenvalue weighted by Crippen LogP contribution is -2.37. The van der Waals surface area contributed by atoms with Gasteiger partial charge in [-0.1, -0.05) is 0 Å². The lowest BCUT2D eigenvalue weighted by Gasteiger charge is -2.25. The summed E-state index contributed by atoms with van der Waals surface area (Å²) in [5, 5.41) is 4.10. The zero-order valence-corrected chi connectivity index (χ0v) is 15.4. The number of aryl methyl sites for hydroxylation is 1. The monoisotopic (exact) mass is 377 g/mol. The van der Waals surface area contributed by atoms with Gasteiger partial charge in [0.15, 0.2) is 5.82 Å². The van der Waals surface area contributed by atoms with Crippen molar-refractivity contribution in [3.05, 3.63) is 48.2 Å². The van der Waals surface area contributed by atoms with E-state index in [0.717, 1.165) is 24.9 Å². The van der Waals surface area contributed by atoms with Crippen molar-refractivity contribution in [3.63, 3.8) is 0 Å². The third kappa shape index (κ3) is 2.58. The molecule has 4 heterocycles. The minimum Gasteiger partial charge on any atom is -0.396 e. The maximum atomic E-state index is 14.9. The van der Waals surface area contributed by atoms with E-state index in [9.17, 15) is 9.18 Å². The molecule has 0 spiro atoms. The summed E-state index contributed by atoms with van der Waals surface area (Å²) in [4.78, 5) is 22.8. The fraction of sp³-hybridized carbons (Fsp3) is 0.286. The number of carbonyl (C=O) groups excluding carboxylic acids is 1. The lowest BCUT2D eigenvalue weighted by atomic mass is 9.86. The van der Waals surface area contributed by atoms with Gasteiger partial charge in [-0.2, -0.15) is 0 Å². The molecule has 2 aromatic heterocycles. The highest BCUT2D eigenvalue weighted by atomic mass is 19.1. The van der Waals surface area contributed by atoms with Crippen molar-refractivity contribution in [1.82, 2.24) is 14.9 Å². The van der Waals surface area contributed by atoms with Crippen LogP contribution in [0.3, 0.4) is 0 Å². The molecule has 6 nitrogen and oxygen atoms in total. The van der Waals surface area contributed by atoms with E-state index < -0.39 is 5.82 Å². The number of nitrogens with one attached hydrogen (secondary N) is 1. The van der Waals surface area contributed by atoms with E-state index in [1.54, 1.807) is 24.5 Å². The number of carbonyl (C=O) groups is 1. The Labute approximate surface area is 161 Å². The van der Waals surface area contributed by atoms with E-state index in [0.29, 0.717) is 39.7 Å². The van der Waals surface area contributed by atoms with Crippen LogP contribution in [0.25, 0.3) is 21.9 Å². The van der Waals surface area contributed by atoms with Gasteiger partial charge in [0.1, 0.15) is 5.82 Å². The van der Waals surface area contributed by atoms with E-state index in [1.807, 2.05) is 17.9 Å². The van der Waals surface area contributed by atoms with Crippen LogP contribution in [0.1, 0.15) is 18.4 Å². The van der Waals surface area contributed by atoms with Gasteiger partial charge in [0, 0.05) is 47.7 Å². The zero-order valence-electron chi connectivity index (χ0n) is 15.4. The molecule has 142 valence electrons. The number of halogens is 1. The van der Waals surface area contributed by atoms with Crippen LogP contribution in [-0.2, 0) is 0 Å². The summed E-state index contributed by atoms with van der Waals surface area (Å²) in [6.07, 6.45) is 7.00. The van der Waals surface area contributed by atoms with E-state index in [-0.39, 0.29) is 11.7 Å². The van der Waals surface area contributed by atoms with Gasteiger partial charge < -0.3 is 10.6 Å². The Hall–Kier alpha value is -3.22. The van der Waals surface area contributed by atoms with Crippen LogP contribution in [0.2, 0.25) is 0 Å². The molecule has 3 N–H and O–H groups in total. The third-order valence-corrected chi connectivity index (χ3v) is 5.93. The van der Waals surface area contributed by atoms with Gasteiger partial charge in [-0.15, -0.1) is 0 Å². The van der Waals surface area contributed by atoms with Gasteiger partial charge in [-0.25, -0.2) is 14.2 Å². The topological polar surface area (TPSA) is 84.1 Å². The summed E-state index contributed by atoms with van der Waals surface area (Å²) in [6.45, 7) is 2.71. The van der Waals surface area contributed by atoms with E-state index in [2.05, 4.69) is 15.3 Å². The van der Waals surface area contributed by atoms with Crippen molar-refractivity contribution in [1.29, 1.82) is 0 Å². The molecule has 2 aliphatic heterocycles.